The van der Waals surface area contributed by atoms with Crippen LogP contribution in [0.4, 0.5) is 0 Å². The van der Waals surface area contributed by atoms with E-state index in [-0.39, 0.29) is 0 Å². The predicted molar refractivity (Wildman–Crippen MR) is 95.8 cm³/mol. The molecule has 1 rings (SSSR count). The van der Waals surface area contributed by atoms with E-state index in [0.29, 0.717) is 5.56 Å². The zero-order chi connectivity index (χ0) is 16.5. The van der Waals surface area contributed by atoms with Crippen LogP contribution in [0.25, 0.3) is 0 Å². The molecule has 2 nitrogen and oxygen atoms in total. The van der Waals surface area contributed by atoms with Crippen molar-refractivity contribution in [3.8, 4) is 0 Å². The molecule has 0 unspecified atom stereocenters. The van der Waals surface area contributed by atoms with Crippen molar-refractivity contribution in [2.75, 3.05) is 0 Å². The zero-order valence-electron chi connectivity index (χ0n) is 14.5. The van der Waals surface area contributed by atoms with Crippen LogP contribution in [0, 0.1) is 0 Å². The minimum absolute atomic E-state index is 0.331. The molecule has 1 aromatic carbocycles. The second kappa shape index (κ2) is 17.1. The molecular formula is C19H31NaO2. The number of unbranched alkanes of at least 4 members (excludes halogenated alkanes) is 9. The first-order valence-electron chi connectivity index (χ1n) is 9.00. The maximum atomic E-state index is 10.2. The van der Waals surface area contributed by atoms with E-state index in [1.54, 1.807) is 30.3 Å². The average Bonchev–Trinajstić information content (AvgIpc) is 2.55. The number of aromatic carboxylic acids is 1. The molecule has 0 heterocycles. The van der Waals surface area contributed by atoms with Crippen molar-refractivity contribution >= 4 is 33.9 Å². The maximum absolute atomic E-state index is 10.2. The molecule has 0 aliphatic heterocycles. The summed E-state index contributed by atoms with van der Waals surface area (Å²) >= 11 is 1.41. The first-order chi connectivity index (χ1) is 10.7. The SMILES string of the molecule is CCCCCCCCCCC[CH2][Na].O=C(O)c1ccccc1. The molecule has 0 aliphatic rings. The first kappa shape index (κ1) is 21.7. The van der Waals surface area contributed by atoms with Crippen molar-refractivity contribution in [2.45, 2.75) is 74.8 Å². The van der Waals surface area contributed by atoms with E-state index in [9.17, 15) is 4.79 Å². The number of carboxylic acid groups (broad SMARTS) is 1. The minimum atomic E-state index is -0.879. The van der Waals surface area contributed by atoms with Gasteiger partial charge in [0.15, 0.2) is 0 Å². The largest absolute Gasteiger partial charge is 0.478 e. The van der Waals surface area contributed by atoms with Gasteiger partial charge in [-0.1, -0.05) is 18.2 Å². The van der Waals surface area contributed by atoms with Crippen LogP contribution in [0.15, 0.2) is 30.3 Å². The molecule has 0 atom stereocenters. The quantitative estimate of drug-likeness (QED) is 0.409. The maximum Gasteiger partial charge on any atom is 0.335 e. The zero-order valence-corrected chi connectivity index (χ0v) is 16.5. The van der Waals surface area contributed by atoms with Crippen molar-refractivity contribution in [3.63, 3.8) is 0 Å². The van der Waals surface area contributed by atoms with Gasteiger partial charge < -0.3 is 5.11 Å². The Balaban J connectivity index is 0.000000425. The van der Waals surface area contributed by atoms with E-state index < -0.39 is 5.97 Å². The van der Waals surface area contributed by atoms with E-state index in [1.807, 2.05) is 0 Å². The Morgan fingerprint density at radius 1 is 0.864 bits per heavy atom. The molecule has 0 fully saturated rings. The van der Waals surface area contributed by atoms with Crippen LogP contribution in [-0.2, 0) is 0 Å². The first-order valence-corrected chi connectivity index (χ1v) is 10.4. The molecule has 0 aromatic heterocycles. The summed E-state index contributed by atoms with van der Waals surface area (Å²) in [5, 5.41) is 8.38. The van der Waals surface area contributed by atoms with Gasteiger partial charge in [-0.25, -0.2) is 4.79 Å². The third kappa shape index (κ3) is 14.6. The summed E-state index contributed by atoms with van der Waals surface area (Å²) in [6.45, 7) is 2.29. The van der Waals surface area contributed by atoms with E-state index in [0.717, 1.165) is 0 Å². The number of rotatable bonds is 11. The third-order valence-corrected chi connectivity index (χ3v) is 4.43. The van der Waals surface area contributed by atoms with E-state index in [2.05, 4.69) is 6.92 Å². The summed E-state index contributed by atoms with van der Waals surface area (Å²) in [6, 6.07) is 8.30. The molecule has 1 aromatic rings. The summed E-state index contributed by atoms with van der Waals surface area (Å²) in [5.41, 5.74) is 0.331. The second-order valence-electron chi connectivity index (χ2n) is 5.85. The Bertz CT molecular complexity index is 342. The Morgan fingerprint density at radius 2 is 1.32 bits per heavy atom. The molecule has 0 saturated carbocycles. The number of hydrogen-bond acceptors (Lipinski definition) is 1. The van der Waals surface area contributed by atoms with Gasteiger partial charge in [-0.2, -0.15) is 0 Å². The molecular weight excluding hydrogens is 283 g/mol. The normalized spacial score (nSPS) is 9.95. The van der Waals surface area contributed by atoms with Gasteiger partial charge in [0, 0.05) is 0 Å². The fourth-order valence-electron chi connectivity index (χ4n) is 2.32. The van der Waals surface area contributed by atoms with Crippen molar-refractivity contribution < 1.29 is 9.90 Å². The van der Waals surface area contributed by atoms with Gasteiger partial charge in [-0.15, -0.1) is 0 Å². The van der Waals surface area contributed by atoms with Gasteiger partial charge in [0.05, 0.1) is 5.56 Å². The van der Waals surface area contributed by atoms with Crippen LogP contribution in [0.5, 0.6) is 0 Å². The van der Waals surface area contributed by atoms with Crippen LogP contribution in [-0.4, -0.2) is 39.0 Å². The van der Waals surface area contributed by atoms with Gasteiger partial charge in [0.25, 0.3) is 0 Å². The fourth-order valence-corrected chi connectivity index (χ4v) is 2.82. The number of carboxylic acids is 1. The Kier molecular flexibility index (Phi) is 16.8. The van der Waals surface area contributed by atoms with Gasteiger partial charge >= 0.3 is 109 Å². The summed E-state index contributed by atoms with van der Waals surface area (Å²) in [6.07, 6.45) is 14.7. The van der Waals surface area contributed by atoms with E-state index in [4.69, 9.17) is 5.11 Å². The van der Waals surface area contributed by atoms with Crippen molar-refractivity contribution in [2.24, 2.45) is 0 Å². The van der Waals surface area contributed by atoms with Crippen LogP contribution in [0.2, 0.25) is 3.67 Å². The molecule has 0 aliphatic carbocycles. The third-order valence-electron chi connectivity index (χ3n) is 3.73. The molecule has 120 valence electrons. The number of benzene rings is 1. The van der Waals surface area contributed by atoms with Crippen LogP contribution in [0.1, 0.15) is 81.5 Å². The van der Waals surface area contributed by atoms with E-state index >= 15 is 0 Å². The molecule has 3 heteroatoms. The Labute approximate surface area is 154 Å². The molecule has 0 radical (unpaired) electrons. The monoisotopic (exact) mass is 314 g/mol. The number of hydrogen-bond donors (Lipinski definition) is 1. The topological polar surface area (TPSA) is 37.3 Å². The summed E-state index contributed by atoms with van der Waals surface area (Å²) in [4.78, 5) is 10.2. The van der Waals surface area contributed by atoms with Crippen molar-refractivity contribution in [1.82, 2.24) is 0 Å². The average molecular weight is 314 g/mol. The molecule has 1 N–H and O–H groups in total. The predicted octanol–water partition coefficient (Wildman–Crippen LogP) is 5.88. The fraction of sp³-hybridized carbons (Fsp3) is 0.632. The minimum Gasteiger partial charge on any atom is -0.478 e. The summed E-state index contributed by atoms with van der Waals surface area (Å²) in [5.74, 6) is -0.879. The van der Waals surface area contributed by atoms with Crippen molar-refractivity contribution in [1.29, 1.82) is 0 Å². The molecule has 0 spiro atoms. The Hall–Kier alpha value is -0.310. The van der Waals surface area contributed by atoms with Crippen LogP contribution in [0.3, 0.4) is 0 Å². The van der Waals surface area contributed by atoms with Gasteiger partial charge in [-0.05, 0) is 12.1 Å². The smallest absolute Gasteiger partial charge is 0.335 e. The van der Waals surface area contributed by atoms with Gasteiger partial charge in [-0.3, -0.25) is 0 Å². The van der Waals surface area contributed by atoms with Gasteiger partial charge in [0.2, 0.25) is 0 Å². The summed E-state index contributed by atoms with van der Waals surface area (Å²) in [7, 11) is 0. The van der Waals surface area contributed by atoms with Crippen molar-refractivity contribution in [3.05, 3.63) is 35.9 Å². The standard InChI is InChI=1S/C12H25.C7H6O2.Na/c1-3-5-7-9-11-12-10-8-6-4-2;8-7(9)6-4-2-1-3-5-6;/h1,3-12H2,2H3;1-5H,(H,8,9);. The Morgan fingerprint density at radius 3 is 1.68 bits per heavy atom. The second-order valence-corrected chi connectivity index (χ2v) is 6.85. The molecule has 0 amide bonds. The molecule has 0 saturated heterocycles. The number of carbonyl (C=O) groups is 1. The van der Waals surface area contributed by atoms with E-state index in [1.165, 1.54) is 95.8 Å². The van der Waals surface area contributed by atoms with Crippen LogP contribution < -0.4 is 0 Å². The molecule has 22 heavy (non-hydrogen) atoms. The molecule has 0 bridgehead atoms. The van der Waals surface area contributed by atoms with Gasteiger partial charge in [0.1, 0.15) is 0 Å². The van der Waals surface area contributed by atoms with Crippen LogP contribution >= 0.6 is 0 Å². The summed E-state index contributed by atoms with van der Waals surface area (Å²) < 4.78 is 1.51.